The van der Waals surface area contributed by atoms with E-state index in [1.165, 1.54) is 23.1 Å². The largest absolute Gasteiger partial charge is 0.480 e. The molecule has 1 aromatic carbocycles. The van der Waals surface area contributed by atoms with Gasteiger partial charge in [-0.15, -0.1) is 0 Å². The molecule has 10 heteroatoms. The maximum absolute atomic E-state index is 12.8. The first-order valence-electron chi connectivity index (χ1n) is 7.74. The second kappa shape index (κ2) is 6.35. The fourth-order valence-corrected chi connectivity index (χ4v) is 3.66. The van der Waals surface area contributed by atoms with Crippen LogP contribution in [0.5, 0.6) is 0 Å². The number of hydrogen-bond donors (Lipinski definition) is 1. The monoisotopic (exact) mass is 341 g/mol. The molecule has 2 aliphatic rings. The first-order valence-corrected chi connectivity index (χ1v) is 7.74. The highest BCUT2D eigenvalue weighted by Crippen LogP contribution is 2.53. The Kier molecular flexibility index (Phi) is 4.22. The van der Waals surface area contributed by atoms with Gasteiger partial charge in [0.1, 0.15) is 6.04 Å². The van der Waals surface area contributed by atoms with Crippen LogP contribution < -0.4 is 0 Å². The third-order valence-corrected chi connectivity index (χ3v) is 4.92. The molecule has 10 nitrogen and oxygen atoms in total. The lowest BCUT2D eigenvalue weighted by Crippen LogP contribution is -2.71. The van der Waals surface area contributed by atoms with Crippen molar-refractivity contribution >= 4 is 17.6 Å². The fraction of sp³-hybridized carbons (Fsp3) is 0.467. The Morgan fingerprint density at radius 1 is 1.28 bits per heavy atom. The second-order valence-corrected chi connectivity index (χ2v) is 6.36. The van der Waals surface area contributed by atoms with E-state index in [0.717, 1.165) is 19.3 Å². The molecule has 1 saturated carbocycles. The maximum Gasteiger partial charge on any atom is 0.327 e. The lowest BCUT2D eigenvalue weighted by molar-refractivity contribution is -0.169. The van der Waals surface area contributed by atoms with Crippen molar-refractivity contribution in [2.75, 3.05) is 6.54 Å². The summed E-state index contributed by atoms with van der Waals surface area (Å²) >= 11 is 0. The summed E-state index contributed by atoms with van der Waals surface area (Å²) in [5, 5.41) is 16.4. The standard InChI is InChI=1S/C15H15N7O3/c16-20-18-7-9-4-10(6-11(5-9)19-21-17)13(23)22-8-15(2-1-3-15)12(22)14(24)25/h4-6,12H,1-3,7-8H2,(H,24,25). The molecule has 0 aromatic heterocycles. The average molecular weight is 341 g/mol. The minimum atomic E-state index is -1.00. The van der Waals surface area contributed by atoms with Crippen LogP contribution in [0.1, 0.15) is 35.2 Å². The normalized spacial score (nSPS) is 19.8. The Hall–Kier alpha value is -3.22. The van der Waals surface area contributed by atoms with E-state index in [1.54, 1.807) is 0 Å². The molecule has 0 radical (unpaired) electrons. The molecule has 1 heterocycles. The van der Waals surface area contributed by atoms with Crippen molar-refractivity contribution in [1.29, 1.82) is 0 Å². The molecule has 1 aliphatic carbocycles. The minimum absolute atomic E-state index is 0.00212. The molecule has 1 unspecified atom stereocenters. The van der Waals surface area contributed by atoms with Crippen molar-refractivity contribution in [2.45, 2.75) is 31.8 Å². The number of benzene rings is 1. The van der Waals surface area contributed by atoms with E-state index < -0.39 is 17.9 Å². The molecule has 1 spiro atoms. The molecule has 1 aliphatic heterocycles. The third kappa shape index (κ3) is 2.84. The Morgan fingerprint density at radius 2 is 2.04 bits per heavy atom. The van der Waals surface area contributed by atoms with Gasteiger partial charge in [0.2, 0.25) is 0 Å². The Bertz CT molecular complexity index is 836. The van der Waals surface area contributed by atoms with E-state index in [4.69, 9.17) is 11.1 Å². The van der Waals surface area contributed by atoms with Gasteiger partial charge in [-0.05, 0) is 47.7 Å². The summed E-state index contributed by atoms with van der Waals surface area (Å²) in [6.45, 7) is 0.415. The number of likely N-dealkylation sites (tertiary alicyclic amines) is 1. The molecule has 3 rings (SSSR count). The number of carboxylic acid groups (broad SMARTS) is 1. The molecule has 128 valence electrons. The van der Waals surface area contributed by atoms with Crippen molar-refractivity contribution in [3.8, 4) is 0 Å². The van der Waals surface area contributed by atoms with Gasteiger partial charge in [0.25, 0.3) is 5.91 Å². The van der Waals surface area contributed by atoms with Crippen molar-refractivity contribution in [1.82, 2.24) is 4.90 Å². The highest BCUT2D eigenvalue weighted by molar-refractivity contribution is 5.99. The number of amides is 1. The minimum Gasteiger partial charge on any atom is -0.480 e. The van der Waals surface area contributed by atoms with Gasteiger partial charge in [-0.3, -0.25) is 4.79 Å². The van der Waals surface area contributed by atoms with Gasteiger partial charge in [-0.1, -0.05) is 16.6 Å². The number of carboxylic acids is 1. The molecule has 1 saturated heterocycles. The van der Waals surface area contributed by atoms with Crippen LogP contribution in [-0.4, -0.2) is 34.5 Å². The molecule has 1 amide bonds. The summed E-state index contributed by atoms with van der Waals surface area (Å²) in [5.41, 5.74) is 17.7. The molecule has 1 aromatic rings. The molecular weight excluding hydrogens is 326 g/mol. The predicted octanol–water partition coefficient (Wildman–Crippen LogP) is 3.52. The number of nitrogens with zero attached hydrogens (tertiary/aromatic N) is 7. The average Bonchev–Trinajstić information content (AvgIpc) is 2.50. The first-order chi connectivity index (χ1) is 12.0. The van der Waals surface area contributed by atoms with E-state index in [9.17, 15) is 14.7 Å². The van der Waals surface area contributed by atoms with Gasteiger partial charge in [-0.25, -0.2) is 4.79 Å². The zero-order chi connectivity index (χ0) is 18.0. The Balaban J connectivity index is 1.90. The van der Waals surface area contributed by atoms with E-state index in [1.807, 2.05) is 0 Å². The molecule has 1 N–H and O–H groups in total. The zero-order valence-corrected chi connectivity index (χ0v) is 13.2. The molecule has 1 atom stereocenters. The van der Waals surface area contributed by atoms with Crippen molar-refractivity contribution in [3.05, 3.63) is 50.2 Å². The first kappa shape index (κ1) is 16.6. The van der Waals surface area contributed by atoms with E-state index >= 15 is 0 Å². The van der Waals surface area contributed by atoms with Crippen LogP contribution in [0.25, 0.3) is 20.9 Å². The highest BCUT2D eigenvalue weighted by Gasteiger charge is 2.60. The highest BCUT2D eigenvalue weighted by atomic mass is 16.4. The van der Waals surface area contributed by atoms with Gasteiger partial charge >= 0.3 is 5.97 Å². The number of carbonyl (C=O) groups excluding carboxylic acids is 1. The van der Waals surface area contributed by atoms with Gasteiger partial charge in [0.05, 0.1) is 6.54 Å². The summed E-state index contributed by atoms with van der Waals surface area (Å²) < 4.78 is 0. The summed E-state index contributed by atoms with van der Waals surface area (Å²) in [5.74, 6) is -1.43. The predicted molar refractivity (Wildman–Crippen MR) is 86.8 cm³/mol. The SMILES string of the molecule is [N-]=[N+]=NCc1cc(N=[N+]=[N-])cc(C(=O)N2CC3(CCC3)C2C(=O)O)c1. The molecule has 0 bridgehead atoms. The Morgan fingerprint density at radius 3 is 2.60 bits per heavy atom. The van der Waals surface area contributed by atoms with Crippen LogP contribution in [0.15, 0.2) is 28.4 Å². The van der Waals surface area contributed by atoms with Crippen LogP contribution in [0.2, 0.25) is 0 Å². The third-order valence-electron chi connectivity index (χ3n) is 4.92. The van der Waals surface area contributed by atoms with Crippen LogP contribution in [-0.2, 0) is 11.3 Å². The maximum atomic E-state index is 12.8. The topological polar surface area (TPSA) is 155 Å². The lowest BCUT2D eigenvalue weighted by Gasteiger charge is -2.60. The number of rotatable bonds is 5. The van der Waals surface area contributed by atoms with Gasteiger partial charge in [0.15, 0.2) is 0 Å². The van der Waals surface area contributed by atoms with Crippen LogP contribution in [0.4, 0.5) is 5.69 Å². The van der Waals surface area contributed by atoms with Crippen LogP contribution >= 0.6 is 0 Å². The number of azide groups is 2. The van der Waals surface area contributed by atoms with Gasteiger partial charge in [0, 0.05) is 33.0 Å². The zero-order valence-electron chi connectivity index (χ0n) is 13.2. The van der Waals surface area contributed by atoms with Crippen molar-refractivity contribution in [2.24, 2.45) is 15.6 Å². The van der Waals surface area contributed by atoms with E-state index in [0.29, 0.717) is 12.1 Å². The fourth-order valence-electron chi connectivity index (χ4n) is 3.66. The number of hydrogen-bond acceptors (Lipinski definition) is 4. The lowest BCUT2D eigenvalue weighted by atomic mass is 9.58. The summed E-state index contributed by atoms with van der Waals surface area (Å²) in [7, 11) is 0. The smallest absolute Gasteiger partial charge is 0.327 e. The van der Waals surface area contributed by atoms with Crippen molar-refractivity contribution < 1.29 is 14.7 Å². The number of carbonyl (C=O) groups is 2. The van der Waals surface area contributed by atoms with Gasteiger partial charge in [-0.2, -0.15) is 0 Å². The molecular formula is C15H15N7O3. The molecule has 25 heavy (non-hydrogen) atoms. The Labute approximate surface area is 142 Å². The van der Waals surface area contributed by atoms with E-state index in [2.05, 4.69) is 20.1 Å². The number of aliphatic carboxylic acids is 1. The van der Waals surface area contributed by atoms with Gasteiger partial charge < -0.3 is 10.0 Å². The van der Waals surface area contributed by atoms with Crippen LogP contribution in [0, 0.1) is 5.41 Å². The van der Waals surface area contributed by atoms with Crippen molar-refractivity contribution in [3.63, 3.8) is 0 Å². The molecule has 2 fully saturated rings. The summed E-state index contributed by atoms with van der Waals surface area (Å²) in [6.07, 6.45) is 2.61. The quantitative estimate of drug-likeness (QED) is 0.494. The summed E-state index contributed by atoms with van der Waals surface area (Å²) in [4.78, 5) is 31.1. The second-order valence-electron chi connectivity index (χ2n) is 6.36. The van der Waals surface area contributed by atoms with E-state index in [-0.39, 0.29) is 23.2 Å². The summed E-state index contributed by atoms with van der Waals surface area (Å²) in [6, 6.07) is 3.63. The van der Waals surface area contributed by atoms with Crippen LogP contribution in [0.3, 0.4) is 0 Å².